The molecule has 2 aromatic rings. The van der Waals surface area contributed by atoms with Crippen LogP contribution in [0.25, 0.3) is 0 Å². The highest BCUT2D eigenvalue weighted by Crippen LogP contribution is 2.20. The van der Waals surface area contributed by atoms with E-state index in [0.717, 1.165) is 11.1 Å². The highest BCUT2D eigenvalue weighted by molar-refractivity contribution is 6.03. The van der Waals surface area contributed by atoms with E-state index in [1.807, 2.05) is 26.0 Å². The summed E-state index contributed by atoms with van der Waals surface area (Å²) in [4.78, 5) is 51.7. The largest absolute Gasteiger partial charge is 0.462 e. The molecule has 7 heteroatoms. The first kappa shape index (κ1) is 23.1. The summed E-state index contributed by atoms with van der Waals surface area (Å²) in [5.74, 6) is -1.74. The number of ether oxygens (including phenoxy) is 2. The Labute approximate surface area is 175 Å². The second kappa shape index (κ2) is 10.0. The summed E-state index contributed by atoms with van der Waals surface area (Å²) in [6, 6.07) is 5.58. The lowest BCUT2D eigenvalue weighted by Gasteiger charge is -2.07. The molecule has 0 aliphatic rings. The van der Waals surface area contributed by atoms with Gasteiger partial charge in [0.05, 0.1) is 24.3 Å². The van der Waals surface area contributed by atoms with Crippen molar-refractivity contribution >= 4 is 23.5 Å². The van der Waals surface area contributed by atoms with Crippen LogP contribution in [0.4, 0.5) is 0 Å². The van der Waals surface area contributed by atoms with Crippen LogP contribution < -0.4 is 0 Å². The van der Waals surface area contributed by atoms with Crippen LogP contribution in [-0.4, -0.2) is 41.7 Å². The summed E-state index contributed by atoms with van der Waals surface area (Å²) < 4.78 is 10.0. The zero-order chi connectivity index (χ0) is 22.4. The van der Waals surface area contributed by atoms with Gasteiger partial charge in [0.25, 0.3) is 0 Å². The van der Waals surface area contributed by atoms with Crippen LogP contribution >= 0.6 is 0 Å². The molecule has 0 saturated carbocycles. The van der Waals surface area contributed by atoms with Crippen molar-refractivity contribution in [3.63, 3.8) is 0 Å². The first-order valence-electron chi connectivity index (χ1n) is 9.81. The van der Waals surface area contributed by atoms with Crippen LogP contribution in [0.3, 0.4) is 0 Å². The van der Waals surface area contributed by atoms with E-state index < -0.39 is 24.3 Å². The quantitative estimate of drug-likeness (QED) is 0.495. The Morgan fingerprint density at radius 1 is 0.933 bits per heavy atom. The van der Waals surface area contributed by atoms with Gasteiger partial charge in [0, 0.05) is 17.7 Å². The topological polar surface area (TPSA) is 103 Å². The molecular weight excluding hydrogens is 386 g/mol. The maximum Gasteiger partial charge on any atom is 0.340 e. The summed E-state index contributed by atoms with van der Waals surface area (Å²) in [6.07, 6.45) is -0.110. The Bertz CT molecular complexity index is 986. The number of aromatic amines is 1. The lowest BCUT2D eigenvalue weighted by atomic mass is 9.99. The third-order valence-electron chi connectivity index (χ3n) is 4.81. The molecule has 30 heavy (non-hydrogen) atoms. The predicted octanol–water partition coefficient (Wildman–Crippen LogP) is 3.81. The molecular formula is C23H27NO6. The van der Waals surface area contributed by atoms with Gasteiger partial charge in [0.2, 0.25) is 5.78 Å². The Morgan fingerprint density at radius 3 is 2.30 bits per heavy atom. The molecule has 0 aliphatic heterocycles. The first-order chi connectivity index (χ1) is 14.1. The number of aromatic nitrogens is 1. The van der Waals surface area contributed by atoms with Crippen molar-refractivity contribution < 1.29 is 28.7 Å². The van der Waals surface area contributed by atoms with E-state index in [1.165, 1.54) is 0 Å². The fourth-order valence-electron chi connectivity index (χ4n) is 3.22. The van der Waals surface area contributed by atoms with E-state index in [2.05, 4.69) is 4.98 Å². The molecule has 0 fully saturated rings. The molecule has 1 aromatic carbocycles. The zero-order valence-corrected chi connectivity index (χ0v) is 18.0. The molecule has 0 unspecified atom stereocenters. The van der Waals surface area contributed by atoms with Gasteiger partial charge in [0.15, 0.2) is 12.4 Å². The molecule has 0 amide bonds. The molecule has 1 N–H and O–H groups in total. The average Bonchev–Trinajstić information content (AvgIpc) is 3.00. The summed E-state index contributed by atoms with van der Waals surface area (Å²) in [5.41, 5.74) is 3.89. The number of H-pyrrole nitrogens is 1. The molecule has 0 saturated heterocycles. The van der Waals surface area contributed by atoms with Crippen LogP contribution in [0.15, 0.2) is 18.2 Å². The normalized spacial score (nSPS) is 10.6. The van der Waals surface area contributed by atoms with Crippen molar-refractivity contribution in [3.05, 3.63) is 57.4 Å². The highest BCUT2D eigenvalue weighted by atomic mass is 16.5. The van der Waals surface area contributed by atoms with Gasteiger partial charge < -0.3 is 14.5 Å². The van der Waals surface area contributed by atoms with E-state index in [4.69, 9.17) is 9.47 Å². The van der Waals surface area contributed by atoms with Gasteiger partial charge in [-0.25, -0.2) is 4.79 Å². The minimum absolute atomic E-state index is 0.00492. The van der Waals surface area contributed by atoms with E-state index >= 15 is 0 Å². The van der Waals surface area contributed by atoms with Crippen molar-refractivity contribution in [1.29, 1.82) is 0 Å². The molecule has 1 aromatic heterocycles. The number of aryl methyl sites for hydroxylation is 3. The van der Waals surface area contributed by atoms with Crippen LogP contribution in [0.2, 0.25) is 0 Å². The second-order valence-electron chi connectivity index (χ2n) is 7.17. The van der Waals surface area contributed by atoms with Gasteiger partial charge in [-0.2, -0.15) is 0 Å². The van der Waals surface area contributed by atoms with Crippen LogP contribution in [-0.2, 0) is 14.3 Å². The molecule has 0 spiro atoms. The van der Waals surface area contributed by atoms with Crippen molar-refractivity contribution in [2.75, 3.05) is 13.2 Å². The molecule has 0 radical (unpaired) electrons. The van der Waals surface area contributed by atoms with E-state index in [-0.39, 0.29) is 30.9 Å². The van der Waals surface area contributed by atoms with Crippen molar-refractivity contribution in [1.82, 2.24) is 4.98 Å². The average molecular weight is 413 g/mol. The maximum atomic E-state index is 12.4. The van der Waals surface area contributed by atoms with Crippen LogP contribution in [0, 0.1) is 27.7 Å². The monoisotopic (exact) mass is 413 g/mol. The number of benzene rings is 1. The lowest BCUT2D eigenvalue weighted by Crippen LogP contribution is -2.16. The van der Waals surface area contributed by atoms with Gasteiger partial charge >= 0.3 is 11.9 Å². The Hall–Kier alpha value is -3.22. The maximum absolute atomic E-state index is 12.4. The second-order valence-corrected chi connectivity index (χ2v) is 7.17. The Balaban J connectivity index is 1.93. The third-order valence-corrected chi connectivity index (χ3v) is 4.81. The Morgan fingerprint density at radius 2 is 1.63 bits per heavy atom. The Kier molecular flexibility index (Phi) is 7.69. The third kappa shape index (κ3) is 5.43. The molecule has 1 heterocycles. The summed E-state index contributed by atoms with van der Waals surface area (Å²) in [6.45, 7) is 8.49. The molecule has 2 rings (SSSR count). The number of nitrogens with one attached hydrogen (secondary N) is 1. The van der Waals surface area contributed by atoms with E-state index in [0.29, 0.717) is 22.4 Å². The number of ketones is 2. The smallest absolute Gasteiger partial charge is 0.340 e. The highest BCUT2D eigenvalue weighted by Gasteiger charge is 2.23. The van der Waals surface area contributed by atoms with Gasteiger partial charge in [-0.05, 0) is 51.8 Å². The zero-order valence-electron chi connectivity index (χ0n) is 18.0. The number of esters is 2. The van der Waals surface area contributed by atoms with Crippen molar-refractivity contribution in [3.8, 4) is 0 Å². The number of Topliss-reactive ketones (excluding diaryl/α,β-unsaturated/α-hetero) is 2. The minimum Gasteiger partial charge on any atom is -0.462 e. The first-order valence-corrected chi connectivity index (χ1v) is 9.81. The SMILES string of the molecule is CCOC(=O)c1c(C)[nH]c(C(=O)COC(=O)CCC(=O)c2cc(C)ccc2C)c1C. The number of hydrogen-bond donors (Lipinski definition) is 1. The van der Waals surface area contributed by atoms with Crippen LogP contribution in [0.1, 0.15) is 73.4 Å². The van der Waals surface area contributed by atoms with Crippen molar-refractivity contribution in [2.45, 2.75) is 47.5 Å². The van der Waals surface area contributed by atoms with Gasteiger partial charge in [-0.3, -0.25) is 14.4 Å². The fourth-order valence-corrected chi connectivity index (χ4v) is 3.22. The standard InChI is InChI=1S/C23H27NO6/c1-6-29-23(28)21-15(4)22(24-16(21)5)19(26)12-30-20(27)10-9-18(25)17-11-13(2)7-8-14(17)3/h7-8,11,24H,6,9-10,12H2,1-5H3. The molecule has 0 bridgehead atoms. The van der Waals surface area contributed by atoms with Gasteiger partial charge in [0.1, 0.15) is 0 Å². The van der Waals surface area contributed by atoms with E-state index in [9.17, 15) is 19.2 Å². The minimum atomic E-state index is -0.631. The van der Waals surface area contributed by atoms with E-state index in [1.54, 1.807) is 26.8 Å². The molecule has 0 atom stereocenters. The lowest BCUT2D eigenvalue weighted by molar-refractivity contribution is -0.142. The number of hydrogen-bond acceptors (Lipinski definition) is 6. The molecule has 0 aliphatic carbocycles. The number of rotatable bonds is 9. The number of carbonyl (C=O) groups excluding carboxylic acids is 4. The summed E-state index contributed by atoms with van der Waals surface area (Å²) in [5, 5.41) is 0. The summed E-state index contributed by atoms with van der Waals surface area (Å²) in [7, 11) is 0. The van der Waals surface area contributed by atoms with Gasteiger partial charge in [-0.1, -0.05) is 17.7 Å². The van der Waals surface area contributed by atoms with Gasteiger partial charge in [-0.15, -0.1) is 0 Å². The number of carbonyl (C=O) groups is 4. The molecule has 7 nitrogen and oxygen atoms in total. The fraction of sp³-hybridized carbons (Fsp3) is 0.391. The van der Waals surface area contributed by atoms with Crippen LogP contribution in [0.5, 0.6) is 0 Å². The van der Waals surface area contributed by atoms with Crippen molar-refractivity contribution in [2.24, 2.45) is 0 Å². The predicted molar refractivity (Wildman–Crippen MR) is 111 cm³/mol. The summed E-state index contributed by atoms with van der Waals surface area (Å²) >= 11 is 0. The molecule has 160 valence electrons.